The molecule has 4 heterocycles. The largest absolute Gasteiger partial charge is 0.385 e. The molecule has 6 aliphatic carbocycles. The van der Waals surface area contributed by atoms with Gasteiger partial charge < -0.3 is 34.0 Å². The van der Waals surface area contributed by atoms with E-state index in [1.807, 2.05) is 13.8 Å². The van der Waals surface area contributed by atoms with E-state index in [0.717, 1.165) is 131 Å². The first kappa shape index (κ1) is 149. The second-order valence-corrected chi connectivity index (χ2v) is 65.0. The molecule has 0 aromatic carbocycles. The molecule has 0 aromatic rings. The van der Waals surface area contributed by atoms with Gasteiger partial charge in [-0.3, -0.25) is 0 Å². The number of nitrogens with zero attached hydrogens (tertiary/aromatic N) is 2. The van der Waals surface area contributed by atoms with Crippen LogP contribution in [-0.4, -0.2) is 77.5 Å². The standard InChI is InChI=1S/C10H20.C9H18O.C9H18.C8H13N.C8H17N.C8H15N.C8H16O.2C8H16.C8H18.C7H14O.C7H16O.C7H14.2C7H16.C6H14.C5H12/c1-10(2,3)9-7-5-4-6-8-9;1-9(2,3)8-4-6-10-7-5-8;1-9(2,3)8-6-4-5-7-8;1-7(2,3)8(9-4)5-6-8;1-8(2,3)7-4-5-9-6-7;1-7(2,3)8(4,5)9-6;1-8(2,3)4-7-5-9-6-7;1-8(2,3)6-7-4-5-7;1-8(2,3)7-5-4-6-7;1-7(2)6-8(3,4)5;1-7(2,3)6-4-8-5-6;1-7(2,3)5-6-8-4;1-7(2,3)6-4-5-6;1-6(2)7(3,4)5;1-5-6-7(2,3)4;1-5-6(2,3)4;1-5(2,3)4/h9H,4-8H2,1-3H3;8H,4-7H2,1-3H3;8H,4-7H2,1-3H3;5-6H2,1-3H3;7,9H,4-6H2,1-3H3;1-5H3;7H,4-6H2,1-3H3;2*7H,4-6H2,1-3H3;7H,6H2,1-5H3;6H,4-5H2,1-3H3;5-6H2,1-4H3;6H,4-5H2,1-3H3;6H,1-5H3;5-6H2,1-4H3;5H2,1-4H3;1-4H3. The number of hydrogen-bond acceptors (Lipinski definition) is 5. The van der Waals surface area contributed by atoms with E-state index in [2.05, 4.69) is 417 Å². The summed E-state index contributed by atoms with van der Waals surface area (Å²) in [4.78, 5) is 7.19. The predicted molar refractivity (Wildman–Crippen MR) is 625 cm³/mol. The lowest BCUT2D eigenvalue weighted by molar-refractivity contribution is -0.0821. The quantitative estimate of drug-likeness (QED) is 0.269. The second-order valence-electron chi connectivity index (χ2n) is 65.0. The second kappa shape index (κ2) is 67.0. The van der Waals surface area contributed by atoms with E-state index >= 15 is 0 Å². The molecule has 4 aliphatic heterocycles. The SMILES string of the molecule is CC(C)(C)C.CC(C)(C)C1CC1.CC(C)(C)C1CCC1.CC(C)(C)C1CCCC1.CC(C)(C)C1CCCCC1.CC(C)(C)C1CCNC1.CC(C)(C)C1CCOCC1.CC(C)(C)C1COC1.CC(C)(C)CC1CC1.CC(C)(C)CC1COC1.CC(C)C(C)(C)C.CC(C)CC(C)(C)C.CCC(C)(C)C.CCCC(C)(C)C.COCCC(C)(C)C.[C-]#[N+]C(C)(C)C(C)(C)C.[C-]#[N+]C1(C(C)(C)C)CC1. The molecule has 7 nitrogen and oxygen atoms in total. The molecule has 10 aliphatic rings. The lowest BCUT2D eigenvalue weighted by Crippen LogP contribution is -2.37. The smallest absolute Gasteiger partial charge is 0.237 e. The van der Waals surface area contributed by atoms with Gasteiger partial charge in [-0.15, -0.1) is 0 Å². The zero-order chi connectivity index (χ0) is 110. The Morgan fingerprint density at radius 3 is 0.737 bits per heavy atom. The van der Waals surface area contributed by atoms with Crippen LogP contribution in [0.1, 0.15) is 595 Å². The topological polar surface area (TPSA) is 57.7 Å². The Morgan fingerprint density at radius 1 is 0.343 bits per heavy atom. The average Bonchev–Trinajstić information content (AvgIpc) is 1.61. The minimum Gasteiger partial charge on any atom is -0.385 e. The minimum atomic E-state index is -0.229. The molecule has 137 heavy (non-hydrogen) atoms. The summed E-state index contributed by atoms with van der Waals surface area (Å²) in [5.41, 5.74) is 8.04. The molecule has 1 unspecified atom stereocenters. The Balaban J connectivity index is -0.000000263. The molecular weight excluding hydrogens is 1670 g/mol. The van der Waals surface area contributed by atoms with Crippen molar-refractivity contribution in [3.05, 3.63) is 22.8 Å². The van der Waals surface area contributed by atoms with Crippen molar-refractivity contribution in [2.45, 2.75) is 606 Å². The third-order valence-corrected chi connectivity index (χ3v) is 29.7. The fourth-order valence-electron chi connectivity index (χ4n) is 15.8. The van der Waals surface area contributed by atoms with E-state index in [4.69, 9.17) is 32.1 Å². The summed E-state index contributed by atoms with van der Waals surface area (Å²) < 4.78 is 20.4. The summed E-state index contributed by atoms with van der Waals surface area (Å²) in [5.74, 6) is 10.3. The van der Waals surface area contributed by atoms with Crippen molar-refractivity contribution in [1.29, 1.82) is 0 Å². The van der Waals surface area contributed by atoms with Crippen molar-refractivity contribution in [1.82, 2.24) is 5.32 Å². The zero-order valence-electron chi connectivity index (χ0n) is 107. The maximum atomic E-state index is 6.95. The molecular formula is C130H269N3O4. The number of hydrogen-bond donors (Lipinski definition) is 1. The van der Waals surface area contributed by atoms with Gasteiger partial charge in [0.15, 0.2) is 0 Å². The molecule has 10 fully saturated rings. The molecule has 1 N–H and O–H groups in total. The lowest BCUT2D eigenvalue weighted by atomic mass is 9.69. The highest BCUT2D eigenvalue weighted by Gasteiger charge is 2.60. The molecule has 10 rings (SSSR count). The van der Waals surface area contributed by atoms with E-state index in [-0.39, 0.29) is 21.9 Å². The molecule has 0 bridgehead atoms. The normalized spacial score (nSPS) is 19.3. The Bertz CT molecular complexity index is 2750. The van der Waals surface area contributed by atoms with Crippen LogP contribution >= 0.6 is 0 Å². The van der Waals surface area contributed by atoms with Gasteiger partial charge in [0.05, 0.1) is 26.4 Å². The number of ether oxygens (including phenoxy) is 4. The molecule has 4 saturated heterocycles. The van der Waals surface area contributed by atoms with Crippen LogP contribution in [0.25, 0.3) is 9.69 Å². The molecule has 7 heteroatoms. The van der Waals surface area contributed by atoms with Gasteiger partial charge in [-0.25, -0.2) is 13.1 Å². The first-order chi connectivity index (χ1) is 60.8. The maximum Gasteiger partial charge on any atom is 0.237 e. The van der Waals surface area contributed by atoms with Gasteiger partial charge in [0.2, 0.25) is 11.1 Å². The van der Waals surface area contributed by atoms with Crippen molar-refractivity contribution in [2.75, 3.05) is 66.4 Å². The van der Waals surface area contributed by atoms with Gasteiger partial charge in [0.25, 0.3) is 0 Å². The van der Waals surface area contributed by atoms with Crippen molar-refractivity contribution < 1.29 is 18.9 Å². The molecule has 0 amide bonds. The van der Waals surface area contributed by atoms with Gasteiger partial charge in [-0.1, -0.05) is 466 Å². The molecule has 1 atom stereocenters. The average molecular weight is 1940 g/mol. The summed E-state index contributed by atoms with van der Waals surface area (Å²) in [6, 6.07) is 0. The highest BCUT2D eigenvalue weighted by atomic mass is 16.5. The van der Waals surface area contributed by atoms with Gasteiger partial charge in [0.1, 0.15) is 0 Å². The summed E-state index contributed by atoms with van der Waals surface area (Å²) in [5, 5.41) is 3.38. The Kier molecular flexibility index (Phi) is 72.7. The van der Waals surface area contributed by atoms with Gasteiger partial charge in [-0.05, 0) is 250 Å². The number of rotatable bonds is 6. The highest BCUT2D eigenvalue weighted by Crippen LogP contribution is 2.53. The number of methoxy groups -OCH3 is 1. The van der Waals surface area contributed by atoms with Gasteiger partial charge in [-0.2, -0.15) is 0 Å². The highest BCUT2D eigenvalue weighted by molar-refractivity contribution is 5.17. The van der Waals surface area contributed by atoms with Crippen molar-refractivity contribution >= 4 is 0 Å². The lowest BCUT2D eigenvalue weighted by Gasteiger charge is -2.37. The van der Waals surface area contributed by atoms with E-state index in [9.17, 15) is 0 Å². The van der Waals surface area contributed by atoms with Gasteiger partial charge in [0, 0.05) is 76.3 Å². The van der Waals surface area contributed by atoms with Crippen molar-refractivity contribution in [3.63, 3.8) is 0 Å². The Hall–Kier alpha value is -1.22. The summed E-state index contributed by atoms with van der Waals surface area (Å²) in [6.45, 7) is 159. The van der Waals surface area contributed by atoms with Crippen LogP contribution in [0.15, 0.2) is 0 Å². The van der Waals surface area contributed by atoms with E-state index in [1.54, 1.807) is 7.11 Å². The Labute approximate surface area is 871 Å². The van der Waals surface area contributed by atoms with Crippen molar-refractivity contribution in [2.24, 2.45) is 157 Å². The van der Waals surface area contributed by atoms with E-state index < -0.39 is 0 Å². The van der Waals surface area contributed by atoms with Crippen molar-refractivity contribution in [3.8, 4) is 0 Å². The molecule has 0 radical (unpaired) electrons. The van der Waals surface area contributed by atoms with Crippen LogP contribution in [0.3, 0.4) is 0 Å². The van der Waals surface area contributed by atoms with Crippen LogP contribution in [0.5, 0.6) is 0 Å². The van der Waals surface area contributed by atoms with Crippen LogP contribution in [-0.2, 0) is 18.9 Å². The van der Waals surface area contributed by atoms with Crippen LogP contribution in [0, 0.1) is 170 Å². The minimum absolute atomic E-state index is 0.0208. The first-order valence-electron chi connectivity index (χ1n) is 57.5. The molecule has 6 saturated carbocycles. The maximum absolute atomic E-state index is 6.95. The molecule has 0 aromatic heterocycles. The van der Waals surface area contributed by atoms with E-state index in [0.29, 0.717) is 81.2 Å². The van der Waals surface area contributed by atoms with Gasteiger partial charge >= 0.3 is 0 Å². The fraction of sp³-hybridized carbons (Fsp3) is 0.985. The number of nitrogens with one attached hydrogen (secondary N) is 1. The predicted octanol–water partition coefficient (Wildman–Crippen LogP) is 43.2. The monoisotopic (exact) mass is 1940 g/mol. The third-order valence-electron chi connectivity index (χ3n) is 29.7. The Morgan fingerprint density at radius 2 is 0.650 bits per heavy atom. The zero-order valence-corrected chi connectivity index (χ0v) is 107. The molecule has 828 valence electrons. The fourth-order valence-corrected chi connectivity index (χ4v) is 15.8. The summed E-state index contributed by atoms with van der Waals surface area (Å²) >= 11 is 0. The van der Waals surface area contributed by atoms with Crippen LogP contribution in [0.4, 0.5) is 0 Å². The van der Waals surface area contributed by atoms with E-state index in [1.165, 1.54) is 174 Å². The third kappa shape index (κ3) is 96.7. The first-order valence-corrected chi connectivity index (χ1v) is 57.5. The molecule has 0 spiro atoms. The summed E-state index contributed by atoms with van der Waals surface area (Å²) in [6.07, 6.45) is 38.9. The van der Waals surface area contributed by atoms with Crippen LogP contribution < -0.4 is 5.32 Å². The summed E-state index contributed by atoms with van der Waals surface area (Å²) in [7, 11) is 1.74. The van der Waals surface area contributed by atoms with Crippen LogP contribution in [0.2, 0.25) is 0 Å².